The lowest BCUT2D eigenvalue weighted by molar-refractivity contribution is -0.168. The lowest BCUT2D eigenvalue weighted by Crippen LogP contribution is -2.44. The Kier molecular flexibility index (Phi) is 10.2. The van der Waals surface area contributed by atoms with E-state index in [0.29, 0.717) is 50.2 Å². The van der Waals surface area contributed by atoms with Gasteiger partial charge in [-0.1, -0.05) is 24.6 Å². The molecule has 2 N–H and O–H groups in total. The molecule has 1 aromatic carbocycles. The van der Waals surface area contributed by atoms with Gasteiger partial charge in [-0.2, -0.15) is 0 Å². The Morgan fingerprint density at radius 3 is 2.52 bits per heavy atom. The fourth-order valence-corrected chi connectivity index (χ4v) is 7.01. The predicted molar refractivity (Wildman–Crippen MR) is 157 cm³/mol. The van der Waals surface area contributed by atoms with Crippen molar-refractivity contribution in [3.8, 4) is 5.69 Å². The van der Waals surface area contributed by atoms with Gasteiger partial charge in [-0.15, -0.1) is 0 Å². The molecule has 0 radical (unpaired) electrons. The van der Waals surface area contributed by atoms with Crippen LogP contribution in [0.15, 0.2) is 47.0 Å². The largest absolute Gasteiger partial charge is 0.459 e. The third-order valence-electron chi connectivity index (χ3n) is 9.13. The smallest absolute Gasteiger partial charge is 0.286 e. The van der Waals surface area contributed by atoms with Gasteiger partial charge in [0, 0.05) is 49.4 Å². The number of nitrogens with zero attached hydrogens (tertiary/aromatic N) is 2. The van der Waals surface area contributed by atoms with Crippen molar-refractivity contribution in [2.45, 2.75) is 64.2 Å². The van der Waals surface area contributed by atoms with Crippen molar-refractivity contribution >= 4 is 5.91 Å². The zero-order chi connectivity index (χ0) is 29.6. The molecular weight excluding hydrogens is 538 g/mol. The van der Waals surface area contributed by atoms with Gasteiger partial charge in [0.15, 0.2) is 5.76 Å². The normalized spacial score (nSPS) is 26.7. The average Bonchev–Trinajstić information content (AvgIpc) is 3.67. The van der Waals surface area contributed by atoms with E-state index in [1.54, 1.807) is 4.68 Å². The van der Waals surface area contributed by atoms with Crippen LogP contribution >= 0.6 is 0 Å². The third kappa shape index (κ3) is 6.51. The SMILES string of the molecule is CCO[C@@H]1OC(C(=O)NC2CC3CCC2C3)=C[C@H](c2c(C)n(C)n(-c3ccccc3)c2=O)[C@H]1CCOCCOCCO. The molecule has 10 nitrogen and oxygen atoms in total. The molecule has 3 aliphatic rings. The molecule has 0 spiro atoms. The van der Waals surface area contributed by atoms with Crippen LogP contribution in [0, 0.1) is 24.7 Å². The third-order valence-corrected chi connectivity index (χ3v) is 9.13. The molecule has 2 aliphatic carbocycles. The minimum Gasteiger partial charge on any atom is -0.459 e. The number of aromatic nitrogens is 2. The molecule has 42 heavy (non-hydrogen) atoms. The Morgan fingerprint density at radius 1 is 1.10 bits per heavy atom. The van der Waals surface area contributed by atoms with Crippen LogP contribution < -0.4 is 10.9 Å². The van der Waals surface area contributed by atoms with Crippen LogP contribution in [0.4, 0.5) is 0 Å². The van der Waals surface area contributed by atoms with Crippen LogP contribution in [0.2, 0.25) is 0 Å². The van der Waals surface area contributed by atoms with Crippen molar-refractivity contribution in [3.05, 3.63) is 63.8 Å². The van der Waals surface area contributed by atoms with Crippen LogP contribution in [0.25, 0.3) is 5.69 Å². The van der Waals surface area contributed by atoms with E-state index in [-0.39, 0.29) is 42.4 Å². The number of allylic oxidation sites excluding steroid dienone is 1. The van der Waals surface area contributed by atoms with Gasteiger partial charge in [0.25, 0.3) is 11.5 Å². The molecule has 10 heteroatoms. The van der Waals surface area contributed by atoms with Crippen LogP contribution in [0.5, 0.6) is 0 Å². The van der Waals surface area contributed by atoms with Gasteiger partial charge in [-0.3, -0.25) is 14.3 Å². The Bertz CT molecular complexity index is 1290. The first kappa shape index (κ1) is 30.5. The molecule has 3 unspecified atom stereocenters. The number of ether oxygens (including phenoxy) is 4. The van der Waals surface area contributed by atoms with Gasteiger partial charge < -0.3 is 29.4 Å². The Labute approximate surface area is 247 Å². The second-order valence-electron chi connectivity index (χ2n) is 11.6. The van der Waals surface area contributed by atoms with Crippen molar-refractivity contribution in [1.82, 2.24) is 14.7 Å². The van der Waals surface area contributed by atoms with Crippen LogP contribution in [0.3, 0.4) is 0 Å². The molecule has 230 valence electrons. The topological polar surface area (TPSA) is 113 Å². The number of benzene rings is 1. The monoisotopic (exact) mass is 583 g/mol. The Balaban J connectivity index is 1.45. The van der Waals surface area contributed by atoms with Gasteiger partial charge >= 0.3 is 0 Å². The lowest BCUT2D eigenvalue weighted by atomic mass is 9.81. The van der Waals surface area contributed by atoms with Crippen molar-refractivity contribution in [2.75, 3.05) is 39.6 Å². The van der Waals surface area contributed by atoms with E-state index in [1.807, 2.05) is 62.0 Å². The van der Waals surface area contributed by atoms with Crippen LogP contribution in [-0.2, 0) is 30.8 Å². The van der Waals surface area contributed by atoms with Gasteiger partial charge in [0.05, 0.1) is 32.1 Å². The molecule has 2 bridgehead atoms. The number of rotatable bonds is 14. The first-order valence-corrected chi connectivity index (χ1v) is 15.3. The molecule has 1 aliphatic heterocycles. The first-order chi connectivity index (χ1) is 20.4. The van der Waals surface area contributed by atoms with E-state index in [2.05, 4.69) is 5.32 Å². The Morgan fingerprint density at radius 2 is 1.86 bits per heavy atom. The molecular formula is C32H45N3O7. The molecule has 2 saturated carbocycles. The van der Waals surface area contributed by atoms with Crippen molar-refractivity contribution in [1.29, 1.82) is 0 Å². The minimum absolute atomic E-state index is 0.0295. The molecule has 5 rings (SSSR count). The number of carbonyl (C=O) groups is 1. The number of amides is 1. The summed E-state index contributed by atoms with van der Waals surface area (Å²) in [6.45, 7) is 5.64. The minimum atomic E-state index is -0.718. The summed E-state index contributed by atoms with van der Waals surface area (Å²) in [6, 6.07) is 9.72. The second-order valence-corrected chi connectivity index (χ2v) is 11.6. The zero-order valence-corrected chi connectivity index (χ0v) is 25.0. The van der Waals surface area contributed by atoms with Gasteiger partial charge in [-0.25, -0.2) is 4.68 Å². The quantitative estimate of drug-likeness (QED) is 0.329. The Hall–Kier alpha value is -2.92. The molecule has 0 saturated heterocycles. The van der Waals surface area contributed by atoms with Crippen molar-refractivity contribution in [2.24, 2.45) is 24.8 Å². The highest BCUT2D eigenvalue weighted by Gasteiger charge is 2.43. The molecule has 2 fully saturated rings. The average molecular weight is 584 g/mol. The van der Waals surface area contributed by atoms with E-state index in [9.17, 15) is 9.59 Å². The maximum absolute atomic E-state index is 14.1. The van der Waals surface area contributed by atoms with Crippen molar-refractivity contribution in [3.63, 3.8) is 0 Å². The summed E-state index contributed by atoms with van der Waals surface area (Å²) >= 11 is 0. The number of para-hydroxylation sites is 1. The van der Waals surface area contributed by atoms with Crippen LogP contribution in [-0.4, -0.2) is 72.4 Å². The fourth-order valence-electron chi connectivity index (χ4n) is 7.01. The molecule has 2 aromatic rings. The van der Waals surface area contributed by atoms with Gasteiger partial charge in [0.1, 0.15) is 0 Å². The summed E-state index contributed by atoms with van der Waals surface area (Å²) < 4.78 is 27.0. The molecule has 6 atom stereocenters. The van der Waals surface area contributed by atoms with E-state index in [4.69, 9.17) is 24.1 Å². The molecule has 1 amide bonds. The molecule has 2 heterocycles. The number of carbonyl (C=O) groups excluding carboxylic acids is 1. The van der Waals surface area contributed by atoms with Crippen molar-refractivity contribution < 1.29 is 28.8 Å². The number of fused-ring (bicyclic) bond motifs is 2. The summed E-state index contributed by atoms with van der Waals surface area (Å²) in [5, 5.41) is 12.2. The van der Waals surface area contributed by atoms with E-state index in [0.717, 1.165) is 24.2 Å². The second kappa shape index (κ2) is 14.0. The summed E-state index contributed by atoms with van der Waals surface area (Å²) in [4.78, 5) is 27.7. The fraction of sp³-hybridized carbons (Fsp3) is 0.625. The van der Waals surface area contributed by atoms with Gasteiger partial charge in [-0.05, 0) is 69.6 Å². The summed E-state index contributed by atoms with van der Waals surface area (Å²) in [6.07, 6.45) is 6.27. The van der Waals surface area contributed by atoms with Gasteiger partial charge in [0.2, 0.25) is 6.29 Å². The summed E-state index contributed by atoms with van der Waals surface area (Å²) in [7, 11) is 1.88. The predicted octanol–water partition coefficient (Wildman–Crippen LogP) is 3.18. The number of nitrogens with one attached hydrogen (secondary N) is 1. The zero-order valence-electron chi connectivity index (χ0n) is 25.0. The first-order valence-electron chi connectivity index (χ1n) is 15.3. The van der Waals surface area contributed by atoms with E-state index < -0.39 is 12.2 Å². The summed E-state index contributed by atoms with van der Waals surface area (Å²) in [5.74, 6) is 0.517. The van der Waals surface area contributed by atoms with Crippen LogP contribution in [0.1, 0.15) is 56.2 Å². The highest BCUT2D eigenvalue weighted by atomic mass is 16.7. The highest BCUT2D eigenvalue weighted by molar-refractivity contribution is 5.92. The summed E-state index contributed by atoms with van der Waals surface area (Å²) in [5.41, 5.74) is 2.08. The number of aliphatic hydroxyl groups is 1. The highest BCUT2D eigenvalue weighted by Crippen LogP contribution is 2.45. The maximum Gasteiger partial charge on any atom is 0.286 e. The maximum atomic E-state index is 14.1. The number of hydrogen-bond acceptors (Lipinski definition) is 7. The number of aliphatic hydroxyl groups excluding tert-OH is 1. The standard InChI is InChI=1S/C32H45N3O7/c1-4-41-32-25(12-14-39-16-17-40-15-13-36)26(20-28(42-32)30(37)33-27-19-22-10-11-23(27)18-22)29-21(2)34(3)35(31(29)38)24-8-6-5-7-9-24/h5-9,20,22-23,25-27,32,36H,4,10-19H2,1-3H3,(H,33,37)/t22?,23?,25-,26+,27?,32-/m1/s1. The lowest BCUT2D eigenvalue weighted by Gasteiger charge is -2.37. The number of hydrogen-bond donors (Lipinski definition) is 2. The molecule has 1 aromatic heterocycles. The van der Waals surface area contributed by atoms with E-state index >= 15 is 0 Å². The van der Waals surface area contributed by atoms with E-state index in [1.165, 1.54) is 12.8 Å².